The Balaban J connectivity index is 2.00. The number of hydrogen-bond donors (Lipinski definition) is 1. The molecule has 1 aromatic carbocycles. The second kappa shape index (κ2) is 3.92. The molecule has 0 radical (unpaired) electrons. The van der Waals surface area contributed by atoms with Crippen LogP contribution in [0.4, 0.5) is 5.69 Å². The molecule has 0 bridgehead atoms. The number of amides is 2. The minimum absolute atomic E-state index is 0.246. The van der Waals surface area contributed by atoms with Gasteiger partial charge in [-0.25, -0.2) is 0 Å². The van der Waals surface area contributed by atoms with E-state index in [4.69, 9.17) is 5.73 Å². The number of aromatic nitrogens is 1. The van der Waals surface area contributed by atoms with Crippen molar-refractivity contribution in [3.05, 3.63) is 45.9 Å². The molecule has 1 aliphatic heterocycles. The Bertz CT molecular complexity index is 637. The van der Waals surface area contributed by atoms with Gasteiger partial charge in [0.05, 0.1) is 23.2 Å². The first-order valence-electron chi connectivity index (χ1n) is 5.30. The minimum Gasteiger partial charge on any atom is -0.398 e. The van der Waals surface area contributed by atoms with Crippen molar-refractivity contribution in [3.8, 4) is 0 Å². The van der Waals surface area contributed by atoms with Crippen LogP contribution >= 0.6 is 11.3 Å². The molecular weight excluding hydrogens is 250 g/mol. The Morgan fingerprint density at radius 2 is 2.11 bits per heavy atom. The van der Waals surface area contributed by atoms with Gasteiger partial charge in [-0.1, -0.05) is 6.07 Å². The number of fused-ring (bicyclic) bond motifs is 1. The van der Waals surface area contributed by atoms with Crippen LogP contribution in [0.3, 0.4) is 0 Å². The molecule has 0 atom stereocenters. The lowest BCUT2D eigenvalue weighted by Gasteiger charge is -2.11. The number of nitrogens with zero attached hydrogens (tertiary/aromatic N) is 2. The average Bonchev–Trinajstić information content (AvgIpc) is 2.94. The van der Waals surface area contributed by atoms with Gasteiger partial charge in [0.2, 0.25) is 0 Å². The van der Waals surface area contributed by atoms with Gasteiger partial charge in [0.15, 0.2) is 0 Å². The second-order valence-corrected chi connectivity index (χ2v) is 4.90. The molecule has 2 aromatic rings. The van der Waals surface area contributed by atoms with Crippen LogP contribution in [0, 0.1) is 0 Å². The predicted octanol–water partition coefficient (Wildman–Crippen LogP) is 1.52. The average molecular weight is 259 g/mol. The van der Waals surface area contributed by atoms with E-state index in [1.165, 1.54) is 16.2 Å². The van der Waals surface area contributed by atoms with Gasteiger partial charge >= 0.3 is 0 Å². The monoisotopic (exact) mass is 259 g/mol. The zero-order chi connectivity index (χ0) is 12.7. The zero-order valence-corrected chi connectivity index (χ0v) is 10.1. The van der Waals surface area contributed by atoms with E-state index in [1.54, 1.807) is 29.9 Å². The summed E-state index contributed by atoms with van der Waals surface area (Å²) in [6.45, 7) is 0.246. The van der Waals surface area contributed by atoms with Crippen molar-refractivity contribution in [2.75, 3.05) is 5.73 Å². The summed E-state index contributed by atoms with van der Waals surface area (Å²) >= 11 is 1.41. The molecule has 0 spiro atoms. The minimum atomic E-state index is -0.332. The van der Waals surface area contributed by atoms with Gasteiger partial charge in [-0.05, 0) is 12.1 Å². The molecule has 0 aliphatic carbocycles. The highest BCUT2D eigenvalue weighted by Crippen LogP contribution is 2.29. The van der Waals surface area contributed by atoms with Crippen molar-refractivity contribution in [2.45, 2.75) is 6.54 Å². The molecular formula is C12H9N3O2S. The van der Waals surface area contributed by atoms with Gasteiger partial charge in [0.1, 0.15) is 0 Å². The van der Waals surface area contributed by atoms with E-state index < -0.39 is 0 Å². The highest BCUT2D eigenvalue weighted by Gasteiger charge is 2.36. The topological polar surface area (TPSA) is 76.3 Å². The molecule has 2 heterocycles. The Hall–Kier alpha value is -2.21. The lowest BCUT2D eigenvalue weighted by Crippen LogP contribution is -2.28. The van der Waals surface area contributed by atoms with E-state index in [9.17, 15) is 9.59 Å². The number of nitrogen functional groups attached to an aromatic ring is 1. The van der Waals surface area contributed by atoms with Crippen LogP contribution in [-0.4, -0.2) is 21.7 Å². The molecule has 0 saturated heterocycles. The van der Waals surface area contributed by atoms with Crippen molar-refractivity contribution < 1.29 is 9.59 Å². The summed E-state index contributed by atoms with van der Waals surface area (Å²) < 4.78 is 0. The molecule has 90 valence electrons. The van der Waals surface area contributed by atoms with Crippen LogP contribution in [0.25, 0.3) is 0 Å². The van der Waals surface area contributed by atoms with E-state index in [2.05, 4.69) is 4.98 Å². The number of nitrogens with two attached hydrogens (primary N) is 1. The first-order chi connectivity index (χ1) is 8.68. The third kappa shape index (κ3) is 1.50. The molecule has 0 saturated carbocycles. The number of imide groups is 1. The maximum atomic E-state index is 12.2. The fourth-order valence-electron chi connectivity index (χ4n) is 1.98. The summed E-state index contributed by atoms with van der Waals surface area (Å²) in [5, 5.41) is 0. The Kier molecular flexibility index (Phi) is 2.38. The molecule has 0 fully saturated rings. The van der Waals surface area contributed by atoms with Crippen molar-refractivity contribution >= 4 is 28.8 Å². The molecule has 1 aromatic heterocycles. The smallest absolute Gasteiger partial charge is 0.263 e. The molecule has 0 unspecified atom stereocenters. The van der Waals surface area contributed by atoms with Gasteiger partial charge < -0.3 is 5.73 Å². The molecule has 3 rings (SSSR count). The fourth-order valence-corrected chi connectivity index (χ4v) is 2.56. The fraction of sp³-hybridized carbons (Fsp3) is 0.0833. The quantitative estimate of drug-likeness (QED) is 0.655. The van der Waals surface area contributed by atoms with E-state index in [1.807, 2.05) is 0 Å². The van der Waals surface area contributed by atoms with Gasteiger partial charge in [-0.15, -0.1) is 11.3 Å². The summed E-state index contributed by atoms with van der Waals surface area (Å²) in [5.74, 6) is -0.628. The number of hydrogen-bond acceptors (Lipinski definition) is 5. The van der Waals surface area contributed by atoms with Gasteiger partial charge in [-0.3, -0.25) is 19.5 Å². The summed E-state index contributed by atoms with van der Waals surface area (Å²) in [6.07, 6.45) is 1.65. The number of anilines is 1. The predicted molar refractivity (Wildman–Crippen MR) is 67.2 cm³/mol. The summed E-state index contributed by atoms with van der Waals surface area (Å²) in [7, 11) is 0. The first kappa shape index (κ1) is 10.9. The van der Waals surface area contributed by atoms with E-state index in [-0.39, 0.29) is 18.4 Å². The molecule has 5 nitrogen and oxygen atoms in total. The summed E-state index contributed by atoms with van der Waals surface area (Å²) in [6, 6.07) is 4.92. The van der Waals surface area contributed by atoms with Crippen molar-refractivity contribution in [2.24, 2.45) is 0 Å². The molecule has 2 amide bonds. The first-order valence-corrected chi connectivity index (χ1v) is 6.18. The van der Waals surface area contributed by atoms with Gasteiger partial charge in [0.25, 0.3) is 11.8 Å². The number of rotatable bonds is 2. The lowest BCUT2D eigenvalue weighted by atomic mass is 10.1. The normalized spacial score (nSPS) is 14.1. The Labute approximate surface area is 107 Å². The van der Waals surface area contributed by atoms with Gasteiger partial charge in [-0.2, -0.15) is 0 Å². The maximum Gasteiger partial charge on any atom is 0.263 e. The molecule has 18 heavy (non-hydrogen) atoms. The number of carbonyl (C=O) groups excluding carboxylic acids is 2. The number of thiazole rings is 1. The van der Waals surface area contributed by atoms with E-state index in [0.29, 0.717) is 16.8 Å². The third-order valence-corrected chi connectivity index (χ3v) is 3.59. The Morgan fingerprint density at radius 1 is 1.28 bits per heavy atom. The molecule has 1 aliphatic rings. The summed E-state index contributed by atoms with van der Waals surface area (Å²) in [5.41, 5.74) is 8.46. The van der Waals surface area contributed by atoms with E-state index in [0.717, 1.165) is 4.88 Å². The highest BCUT2D eigenvalue weighted by atomic mass is 32.1. The van der Waals surface area contributed by atoms with Crippen LogP contribution < -0.4 is 5.73 Å². The molecule has 2 N–H and O–H groups in total. The standard InChI is InChI=1S/C12H9N3O2S/c13-9-3-1-2-8-10(9)12(17)15(11(8)16)5-7-4-14-6-18-7/h1-4,6H,5,13H2. The largest absolute Gasteiger partial charge is 0.398 e. The van der Waals surface area contributed by atoms with Crippen molar-refractivity contribution in [3.63, 3.8) is 0 Å². The molecule has 6 heteroatoms. The highest BCUT2D eigenvalue weighted by molar-refractivity contribution is 7.09. The van der Waals surface area contributed by atoms with Gasteiger partial charge in [0, 0.05) is 16.8 Å². The SMILES string of the molecule is Nc1cccc2c1C(=O)N(Cc1cncs1)C2=O. The zero-order valence-electron chi connectivity index (χ0n) is 9.29. The number of benzene rings is 1. The lowest BCUT2D eigenvalue weighted by molar-refractivity contribution is 0.0644. The van der Waals surface area contributed by atoms with Crippen LogP contribution in [0.15, 0.2) is 29.9 Å². The number of carbonyl (C=O) groups is 2. The second-order valence-electron chi connectivity index (χ2n) is 3.93. The van der Waals surface area contributed by atoms with Crippen molar-refractivity contribution in [1.29, 1.82) is 0 Å². The summed E-state index contributed by atoms with van der Waals surface area (Å²) in [4.78, 5) is 30.3. The van der Waals surface area contributed by atoms with Crippen LogP contribution in [0.2, 0.25) is 0 Å². The Morgan fingerprint density at radius 3 is 2.78 bits per heavy atom. The maximum absolute atomic E-state index is 12.2. The van der Waals surface area contributed by atoms with Crippen LogP contribution in [0.5, 0.6) is 0 Å². The van der Waals surface area contributed by atoms with Crippen LogP contribution in [0.1, 0.15) is 25.6 Å². The van der Waals surface area contributed by atoms with E-state index >= 15 is 0 Å². The third-order valence-electron chi connectivity index (χ3n) is 2.83. The van der Waals surface area contributed by atoms with Crippen LogP contribution in [-0.2, 0) is 6.54 Å². The van der Waals surface area contributed by atoms with Crippen molar-refractivity contribution in [1.82, 2.24) is 9.88 Å².